The molecule has 0 spiro atoms. The van der Waals surface area contributed by atoms with Crippen LogP contribution in [0.5, 0.6) is 11.5 Å². The Bertz CT molecular complexity index is 1360. The van der Waals surface area contributed by atoms with E-state index in [-0.39, 0.29) is 11.6 Å². The molecule has 9 nitrogen and oxygen atoms in total. The van der Waals surface area contributed by atoms with Gasteiger partial charge in [-0.1, -0.05) is 11.8 Å². The minimum absolute atomic E-state index is 0.128. The molecule has 1 heterocycles. The molecule has 0 aromatic heterocycles. The van der Waals surface area contributed by atoms with Crippen molar-refractivity contribution in [2.24, 2.45) is 15.3 Å². The van der Waals surface area contributed by atoms with Gasteiger partial charge >= 0.3 is 0 Å². The summed E-state index contributed by atoms with van der Waals surface area (Å²) >= 11 is 1.09. The third-order valence-corrected chi connectivity index (χ3v) is 6.43. The van der Waals surface area contributed by atoms with Crippen molar-refractivity contribution in [3.63, 3.8) is 0 Å². The lowest BCUT2D eigenvalue weighted by Crippen LogP contribution is -2.29. The molecule has 0 radical (unpaired) electrons. The third kappa shape index (κ3) is 7.04. The predicted octanol–water partition coefficient (Wildman–Crippen LogP) is 4.54. The maximum Gasteiger partial charge on any atom is 0.263 e. The fourth-order valence-corrected chi connectivity index (χ4v) is 4.34. The molecule has 0 bridgehead atoms. The number of carbonyl (C=O) groups is 2. The fourth-order valence-electron chi connectivity index (χ4n) is 3.32. The summed E-state index contributed by atoms with van der Waals surface area (Å²) in [6.07, 6.45) is 2.93. The first-order valence-electron chi connectivity index (χ1n) is 11.4. The number of carbonyl (C=O) groups excluding carboxylic acids is 2. The summed E-state index contributed by atoms with van der Waals surface area (Å²) in [5.74, 6) is 0.186. The molecule has 38 heavy (non-hydrogen) atoms. The zero-order valence-electron chi connectivity index (χ0n) is 20.6. The van der Waals surface area contributed by atoms with Crippen molar-refractivity contribution in [3.8, 4) is 11.5 Å². The van der Waals surface area contributed by atoms with Gasteiger partial charge in [0.05, 0.1) is 26.6 Å². The van der Waals surface area contributed by atoms with Crippen molar-refractivity contribution in [2.75, 3.05) is 19.5 Å². The van der Waals surface area contributed by atoms with Crippen LogP contribution in [-0.2, 0) is 9.59 Å². The number of hydrazone groups is 1. The highest BCUT2D eigenvalue weighted by Gasteiger charge is 2.39. The molecule has 1 aliphatic rings. The molecule has 194 valence electrons. The summed E-state index contributed by atoms with van der Waals surface area (Å²) in [4.78, 5) is 25.8. The van der Waals surface area contributed by atoms with Crippen molar-refractivity contribution in [1.82, 2.24) is 5.01 Å². The van der Waals surface area contributed by atoms with Gasteiger partial charge in [-0.05, 0) is 83.9 Å². The molecule has 11 heteroatoms. The van der Waals surface area contributed by atoms with E-state index >= 15 is 0 Å². The van der Waals surface area contributed by atoms with E-state index in [0.29, 0.717) is 17.2 Å². The van der Waals surface area contributed by atoms with Gasteiger partial charge in [-0.2, -0.15) is 15.2 Å². The molecule has 1 fully saturated rings. The van der Waals surface area contributed by atoms with Crippen molar-refractivity contribution in [3.05, 3.63) is 89.7 Å². The molecule has 1 atom stereocenters. The highest BCUT2D eigenvalue weighted by atomic mass is 32.2. The van der Waals surface area contributed by atoms with E-state index in [0.717, 1.165) is 27.9 Å². The van der Waals surface area contributed by atoms with Crippen LogP contribution in [0.4, 0.5) is 10.1 Å². The van der Waals surface area contributed by atoms with Gasteiger partial charge in [-0.25, -0.2) is 4.39 Å². The minimum atomic E-state index is -0.765. The minimum Gasteiger partial charge on any atom is -0.497 e. The molecule has 3 aromatic carbocycles. The first-order chi connectivity index (χ1) is 18.4. The number of anilines is 1. The van der Waals surface area contributed by atoms with Gasteiger partial charge in [0.15, 0.2) is 0 Å². The van der Waals surface area contributed by atoms with Crippen molar-refractivity contribution in [1.29, 1.82) is 0 Å². The Morgan fingerprint density at radius 3 is 2.11 bits per heavy atom. The molecule has 1 N–H and O–H groups in total. The van der Waals surface area contributed by atoms with Crippen LogP contribution >= 0.6 is 11.8 Å². The Balaban J connectivity index is 1.51. The zero-order valence-corrected chi connectivity index (χ0v) is 21.4. The van der Waals surface area contributed by atoms with E-state index in [2.05, 4.69) is 20.6 Å². The molecular formula is C27H24FN5O4S. The summed E-state index contributed by atoms with van der Waals surface area (Å²) < 4.78 is 23.5. The molecule has 1 saturated heterocycles. The number of thioether (sulfide) groups is 1. The van der Waals surface area contributed by atoms with Crippen molar-refractivity contribution < 1.29 is 23.5 Å². The quantitative estimate of drug-likeness (QED) is 0.321. The summed E-state index contributed by atoms with van der Waals surface area (Å²) in [6.45, 7) is 0. The van der Waals surface area contributed by atoms with E-state index in [4.69, 9.17) is 9.47 Å². The van der Waals surface area contributed by atoms with Crippen LogP contribution < -0.4 is 14.8 Å². The highest BCUT2D eigenvalue weighted by molar-refractivity contribution is 8.15. The van der Waals surface area contributed by atoms with Gasteiger partial charge in [-0.3, -0.25) is 9.59 Å². The Morgan fingerprint density at radius 1 is 0.947 bits per heavy atom. The maximum atomic E-state index is 13.2. The molecule has 0 saturated carbocycles. The van der Waals surface area contributed by atoms with E-state index < -0.39 is 22.9 Å². The van der Waals surface area contributed by atoms with Crippen LogP contribution in [0.3, 0.4) is 0 Å². The zero-order chi connectivity index (χ0) is 26.9. The van der Waals surface area contributed by atoms with Crippen LogP contribution in [-0.4, -0.2) is 53.9 Å². The van der Waals surface area contributed by atoms with E-state index in [1.165, 1.54) is 36.7 Å². The van der Waals surface area contributed by atoms with Crippen LogP contribution in [0.1, 0.15) is 17.5 Å². The lowest BCUT2D eigenvalue weighted by molar-refractivity contribution is -0.128. The second-order valence-corrected chi connectivity index (χ2v) is 9.10. The van der Waals surface area contributed by atoms with Crippen LogP contribution in [0.15, 0.2) is 88.1 Å². The number of methoxy groups -OCH3 is 2. The molecule has 4 rings (SSSR count). The van der Waals surface area contributed by atoms with E-state index in [1.54, 1.807) is 50.6 Å². The number of benzene rings is 3. The highest BCUT2D eigenvalue weighted by Crippen LogP contribution is 2.30. The van der Waals surface area contributed by atoms with Gasteiger partial charge in [0.1, 0.15) is 22.6 Å². The predicted molar refractivity (Wildman–Crippen MR) is 146 cm³/mol. The molecule has 2 amide bonds. The number of nitrogens with zero attached hydrogens (tertiary/aromatic N) is 4. The van der Waals surface area contributed by atoms with Crippen molar-refractivity contribution >= 4 is 46.9 Å². The largest absolute Gasteiger partial charge is 0.497 e. The van der Waals surface area contributed by atoms with Gasteiger partial charge < -0.3 is 14.8 Å². The van der Waals surface area contributed by atoms with E-state index in [9.17, 15) is 14.0 Å². The topological polar surface area (TPSA) is 105 Å². The Hall–Kier alpha value is -4.51. The molecule has 1 unspecified atom stereocenters. The number of hydrogen-bond donors (Lipinski definition) is 1. The second kappa shape index (κ2) is 12.6. The first-order valence-corrected chi connectivity index (χ1v) is 12.3. The van der Waals surface area contributed by atoms with Gasteiger partial charge in [0.2, 0.25) is 11.1 Å². The van der Waals surface area contributed by atoms with Gasteiger partial charge in [-0.15, -0.1) is 5.10 Å². The standard InChI is InChI=1S/C27H24FN5O4S/c1-36-22-11-3-18(4-12-22)16-29-32-27-33(30-17-19-5-13-23(37-2)14-6-19)26(35)24(38-27)15-25(34)31-21-9-7-20(28)8-10-21/h3-14,16-17,24H,15H2,1-2H3,(H,31,34)/b29-16+,30-17+,32-27+. The van der Waals surface area contributed by atoms with E-state index in [1.807, 2.05) is 12.1 Å². The number of amides is 2. The number of halogens is 1. The lowest BCUT2D eigenvalue weighted by atomic mass is 10.2. The Morgan fingerprint density at radius 2 is 1.53 bits per heavy atom. The average Bonchev–Trinajstić information content (AvgIpc) is 3.22. The number of nitrogens with one attached hydrogen (secondary N) is 1. The molecule has 1 aliphatic heterocycles. The monoisotopic (exact) mass is 533 g/mol. The summed E-state index contributed by atoms with van der Waals surface area (Å²) in [7, 11) is 3.16. The first kappa shape index (κ1) is 26.6. The van der Waals surface area contributed by atoms with Crippen molar-refractivity contribution in [2.45, 2.75) is 11.7 Å². The number of hydrogen-bond acceptors (Lipinski definition) is 8. The van der Waals surface area contributed by atoms with Crippen LogP contribution in [0, 0.1) is 5.82 Å². The summed E-state index contributed by atoms with van der Waals surface area (Å²) in [6, 6.07) is 19.7. The normalized spacial score (nSPS) is 16.5. The second-order valence-electron chi connectivity index (χ2n) is 7.93. The average molecular weight is 534 g/mol. The summed E-state index contributed by atoms with van der Waals surface area (Å²) in [5.41, 5.74) is 1.95. The Kier molecular flexibility index (Phi) is 8.83. The maximum absolute atomic E-state index is 13.2. The smallest absolute Gasteiger partial charge is 0.263 e. The van der Waals surface area contributed by atoms with Gasteiger partial charge in [0, 0.05) is 12.1 Å². The van der Waals surface area contributed by atoms with Crippen LogP contribution in [0.2, 0.25) is 0 Å². The number of ether oxygens (including phenoxy) is 2. The molecular weight excluding hydrogens is 509 g/mol. The Labute approximate surface area is 223 Å². The lowest BCUT2D eigenvalue weighted by Gasteiger charge is -2.09. The number of amidine groups is 1. The number of rotatable bonds is 9. The molecule has 0 aliphatic carbocycles. The third-order valence-electron chi connectivity index (χ3n) is 5.32. The summed E-state index contributed by atoms with van der Waals surface area (Å²) in [5, 5.41) is 15.9. The van der Waals surface area contributed by atoms with Crippen LogP contribution in [0.25, 0.3) is 0 Å². The van der Waals surface area contributed by atoms with Gasteiger partial charge in [0.25, 0.3) is 5.91 Å². The SMILES string of the molecule is COc1ccc(/C=N/N=C2/SC(CC(=O)Nc3ccc(F)cc3)C(=O)N2/N=C/c2ccc(OC)cc2)cc1. The molecule has 3 aromatic rings. The fraction of sp³-hybridized carbons (Fsp3) is 0.148.